The second-order valence-electron chi connectivity index (χ2n) is 2.28. The monoisotopic (exact) mass is 163 g/mol. The summed E-state index contributed by atoms with van der Waals surface area (Å²) in [4.78, 5) is 15.0. The van der Waals surface area contributed by atoms with Crippen LogP contribution in [0.2, 0.25) is 0 Å². The average Bonchev–Trinajstić information content (AvgIpc) is 2.54. The molecule has 0 saturated heterocycles. The molecule has 0 bridgehead atoms. The zero-order valence-electron chi connectivity index (χ0n) is 6.11. The highest BCUT2D eigenvalue weighted by atomic mass is 16.7. The molecule has 0 aromatic carbocycles. The normalized spacial score (nSPS) is 19.8. The van der Waals surface area contributed by atoms with Gasteiger partial charge in [0.1, 0.15) is 12.0 Å². The smallest absolute Gasteiger partial charge is 0.341 e. The lowest BCUT2D eigenvalue weighted by Gasteiger charge is -2.02. The van der Waals surface area contributed by atoms with Gasteiger partial charge in [-0.2, -0.15) is 0 Å². The number of nitrogens with zero attached hydrogens (tertiary/aromatic N) is 1. The van der Waals surface area contributed by atoms with E-state index in [0.29, 0.717) is 11.5 Å². The highest BCUT2D eigenvalue weighted by Gasteiger charge is 2.21. The number of hydrogen-bond donors (Lipinski definition) is 0. The Kier molecular flexibility index (Phi) is 1.54. The number of carbonyl (C=O) groups excluding carboxylic acids is 1. The van der Waals surface area contributed by atoms with Crippen LogP contribution in [0.25, 0.3) is 0 Å². The van der Waals surface area contributed by atoms with Crippen molar-refractivity contribution in [3.05, 3.63) is 29.9 Å². The molecule has 0 atom stereocenters. The number of ether oxygens (including phenoxy) is 1. The highest BCUT2D eigenvalue weighted by Crippen LogP contribution is 2.13. The van der Waals surface area contributed by atoms with E-state index in [0.717, 1.165) is 0 Å². The van der Waals surface area contributed by atoms with E-state index in [2.05, 4.69) is 15.7 Å². The minimum absolute atomic E-state index is 0.174. The molecule has 2 heterocycles. The van der Waals surface area contributed by atoms with Crippen LogP contribution in [0.1, 0.15) is 6.42 Å². The molecule has 2 aliphatic heterocycles. The summed E-state index contributed by atoms with van der Waals surface area (Å²) in [5.41, 5.74) is 3.24. The molecule has 0 aliphatic carbocycles. The summed E-state index contributed by atoms with van der Waals surface area (Å²) in [6.45, 7) is 0. The van der Waals surface area contributed by atoms with Crippen LogP contribution in [0.15, 0.2) is 35.1 Å². The van der Waals surface area contributed by atoms with E-state index >= 15 is 0 Å². The molecule has 0 aromatic rings. The Morgan fingerprint density at radius 3 is 3.08 bits per heavy atom. The van der Waals surface area contributed by atoms with Gasteiger partial charge in [-0.25, -0.2) is 4.79 Å². The van der Waals surface area contributed by atoms with Crippen LogP contribution in [-0.2, 0) is 14.4 Å². The summed E-state index contributed by atoms with van der Waals surface area (Å²) in [6.07, 6.45) is 4.94. The van der Waals surface area contributed by atoms with Crippen molar-refractivity contribution < 1.29 is 14.4 Å². The second kappa shape index (κ2) is 2.68. The SMILES string of the molecule is O=C1CC(C2=CC=C=CO2)=NO1. The molecule has 0 radical (unpaired) electrons. The van der Waals surface area contributed by atoms with Crippen molar-refractivity contribution in [3.8, 4) is 0 Å². The van der Waals surface area contributed by atoms with Gasteiger partial charge in [-0.1, -0.05) is 10.9 Å². The average molecular weight is 163 g/mol. The molecule has 0 unspecified atom stereocenters. The van der Waals surface area contributed by atoms with Gasteiger partial charge in [-0.3, -0.25) is 0 Å². The van der Waals surface area contributed by atoms with Gasteiger partial charge >= 0.3 is 5.97 Å². The third-order valence-electron chi connectivity index (χ3n) is 1.44. The van der Waals surface area contributed by atoms with Crippen LogP contribution in [0.3, 0.4) is 0 Å². The van der Waals surface area contributed by atoms with E-state index in [4.69, 9.17) is 4.74 Å². The molecule has 0 spiro atoms. The van der Waals surface area contributed by atoms with Crippen LogP contribution in [-0.4, -0.2) is 11.7 Å². The van der Waals surface area contributed by atoms with E-state index in [1.165, 1.54) is 6.26 Å². The standard InChI is InChI=1S/C8H5NO3/c10-8-5-6(9-12-8)7-3-1-2-4-11-7/h1,3-4H,5H2. The first-order valence-electron chi connectivity index (χ1n) is 3.41. The lowest BCUT2D eigenvalue weighted by molar-refractivity contribution is -0.140. The van der Waals surface area contributed by atoms with Crippen molar-refractivity contribution in [3.63, 3.8) is 0 Å². The number of carbonyl (C=O) groups is 1. The second-order valence-corrected chi connectivity index (χ2v) is 2.28. The number of hydrogen-bond acceptors (Lipinski definition) is 4. The minimum Gasteiger partial charge on any atom is -0.455 e. The minimum atomic E-state index is -0.354. The Bertz CT molecular complexity index is 345. The molecule has 0 N–H and O–H groups in total. The lowest BCUT2D eigenvalue weighted by atomic mass is 10.2. The van der Waals surface area contributed by atoms with Gasteiger partial charge in [-0.15, -0.1) is 0 Å². The quantitative estimate of drug-likeness (QED) is 0.425. The summed E-state index contributed by atoms with van der Waals surface area (Å²) in [5, 5.41) is 3.55. The zero-order valence-corrected chi connectivity index (χ0v) is 6.11. The van der Waals surface area contributed by atoms with Crippen LogP contribution >= 0.6 is 0 Å². The summed E-state index contributed by atoms with van der Waals surface area (Å²) in [6, 6.07) is 0. The van der Waals surface area contributed by atoms with Gasteiger partial charge in [0.25, 0.3) is 0 Å². The van der Waals surface area contributed by atoms with Crippen molar-refractivity contribution in [1.82, 2.24) is 0 Å². The summed E-state index contributed by atoms with van der Waals surface area (Å²) in [5.74, 6) is 0.188. The fourth-order valence-corrected chi connectivity index (χ4v) is 0.903. The fourth-order valence-electron chi connectivity index (χ4n) is 0.903. The van der Waals surface area contributed by atoms with Crippen LogP contribution in [0, 0.1) is 0 Å². The van der Waals surface area contributed by atoms with E-state index in [1.54, 1.807) is 12.2 Å². The van der Waals surface area contributed by atoms with Crippen molar-refractivity contribution in [2.45, 2.75) is 6.42 Å². The zero-order chi connectivity index (χ0) is 8.39. The molecule has 4 nitrogen and oxygen atoms in total. The van der Waals surface area contributed by atoms with Crippen LogP contribution in [0.5, 0.6) is 0 Å². The molecule has 60 valence electrons. The van der Waals surface area contributed by atoms with Gasteiger partial charge in [0, 0.05) is 0 Å². The van der Waals surface area contributed by atoms with Crippen molar-refractivity contribution in [2.24, 2.45) is 5.16 Å². The van der Waals surface area contributed by atoms with Crippen molar-refractivity contribution >= 4 is 11.7 Å². The molecule has 2 rings (SSSR count). The Hall–Kier alpha value is -1.80. The molecule has 0 fully saturated rings. The molecular formula is C8H5NO3. The third-order valence-corrected chi connectivity index (χ3v) is 1.44. The van der Waals surface area contributed by atoms with Gasteiger partial charge in [0.15, 0.2) is 5.76 Å². The molecule has 0 amide bonds. The first-order chi connectivity index (χ1) is 5.86. The summed E-state index contributed by atoms with van der Waals surface area (Å²) < 4.78 is 5.04. The number of rotatable bonds is 1. The van der Waals surface area contributed by atoms with Crippen molar-refractivity contribution in [1.29, 1.82) is 0 Å². The largest absolute Gasteiger partial charge is 0.455 e. The number of allylic oxidation sites excluding steroid dienone is 3. The predicted molar refractivity (Wildman–Crippen MR) is 40.0 cm³/mol. The Labute approximate surface area is 68.5 Å². The highest BCUT2D eigenvalue weighted by molar-refractivity contribution is 6.10. The molecule has 12 heavy (non-hydrogen) atoms. The van der Waals surface area contributed by atoms with Crippen LogP contribution in [0.4, 0.5) is 0 Å². The van der Waals surface area contributed by atoms with Gasteiger partial charge in [-0.05, 0) is 12.2 Å². The van der Waals surface area contributed by atoms with Gasteiger partial charge in [0.05, 0.1) is 6.42 Å². The maximum absolute atomic E-state index is 10.6. The predicted octanol–water partition coefficient (Wildman–Crippen LogP) is 0.872. The van der Waals surface area contributed by atoms with Crippen molar-refractivity contribution in [2.75, 3.05) is 0 Å². The molecule has 4 heteroatoms. The molecule has 0 aromatic heterocycles. The maximum Gasteiger partial charge on any atom is 0.341 e. The van der Waals surface area contributed by atoms with E-state index in [-0.39, 0.29) is 12.4 Å². The maximum atomic E-state index is 10.6. The van der Waals surface area contributed by atoms with E-state index in [9.17, 15) is 4.79 Å². The summed E-state index contributed by atoms with van der Waals surface area (Å²) >= 11 is 0. The van der Waals surface area contributed by atoms with Gasteiger partial charge in [0.2, 0.25) is 0 Å². The van der Waals surface area contributed by atoms with Crippen LogP contribution < -0.4 is 0 Å². The first kappa shape index (κ1) is 6.88. The molecular weight excluding hydrogens is 158 g/mol. The Balaban J connectivity index is 2.17. The Morgan fingerprint density at radius 1 is 1.58 bits per heavy atom. The summed E-state index contributed by atoms with van der Waals surface area (Å²) in [7, 11) is 0. The van der Waals surface area contributed by atoms with Gasteiger partial charge < -0.3 is 9.57 Å². The van der Waals surface area contributed by atoms with E-state index in [1.807, 2.05) is 0 Å². The third kappa shape index (κ3) is 1.15. The van der Waals surface area contributed by atoms with E-state index < -0.39 is 0 Å². The molecule has 2 aliphatic rings. The number of oxime groups is 1. The molecule has 0 saturated carbocycles. The topological polar surface area (TPSA) is 47.9 Å². The lowest BCUT2D eigenvalue weighted by Crippen LogP contribution is -2.04. The fraction of sp³-hybridized carbons (Fsp3) is 0.125. The first-order valence-corrected chi connectivity index (χ1v) is 3.41. The Morgan fingerprint density at radius 2 is 2.50 bits per heavy atom.